The summed E-state index contributed by atoms with van der Waals surface area (Å²) in [4.78, 5) is 26.4. The molecule has 1 fully saturated rings. The summed E-state index contributed by atoms with van der Waals surface area (Å²) in [6, 6.07) is 7.87. The largest absolute Gasteiger partial charge is 0.497 e. The van der Waals surface area contributed by atoms with Crippen LogP contribution in [-0.2, 0) is 20.7 Å². The standard InChI is InChI=1S/C21H33N3O4/c1-27-15-3-11-23-21(26)18-9-13-24(14-10-18)16-20(25)22-12-8-17-4-6-19(28-2)7-5-17/h4-7,18H,3,8-16H2,1-2H3,(H,22,25)(H,23,26). The minimum Gasteiger partial charge on any atom is -0.497 e. The molecule has 1 heterocycles. The van der Waals surface area contributed by atoms with Crippen LogP contribution < -0.4 is 15.4 Å². The van der Waals surface area contributed by atoms with E-state index in [0.717, 1.165) is 44.5 Å². The SMILES string of the molecule is COCCCNC(=O)C1CCN(CC(=O)NCCc2ccc(OC)cc2)CC1. The van der Waals surface area contributed by atoms with Crippen LogP contribution in [-0.4, -0.2) is 70.3 Å². The van der Waals surface area contributed by atoms with Crippen LogP contribution in [0.3, 0.4) is 0 Å². The van der Waals surface area contributed by atoms with Gasteiger partial charge in [0.1, 0.15) is 5.75 Å². The first-order chi connectivity index (χ1) is 13.6. The Morgan fingerprint density at radius 1 is 1.07 bits per heavy atom. The first kappa shape index (κ1) is 22.2. The van der Waals surface area contributed by atoms with Crippen molar-refractivity contribution in [2.24, 2.45) is 5.92 Å². The van der Waals surface area contributed by atoms with E-state index in [1.54, 1.807) is 14.2 Å². The molecule has 1 aliphatic rings. The van der Waals surface area contributed by atoms with Gasteiger partial charge in [0.25, 0.3) is 0 Å². The Morgan fingerprint density at radius 2 is 1.79 bits per heavy atom. The van der Waals surface area contributed by atoms with E-state index in [4.69, 9.17) is 9.47 Å². The predicted molar refractivity (Wildman–Crippen MR) is 108 cm³/mol. The van der Waals surface area contributed by atoms with E-state index in [0.29, 0.717) is 26.2 Å². The molecule has 0 radical (unpaired) electrons. The van der Waals surface area contributed by atoms with Crippen LogP contribution in [0.4, 0.5) is 0 Å². The van der Waals surface area contributed by atoms with E-state index in [9.17, 15) is 9.59 Å². The van der Waals surface area contributed by atoms with Gasteiger partial charge in [-0.3, -0.25) is 14.5 Å². The number of carbonyl (C=O) groups excluding carboxylic acids is 2. The lowest BCUT2D eigenvalue weighted by molar-refractivity contribution is -0.126. The third-order valence-electron chi connectivity index (χ3n) is 5.04. The summed E-state index contributed by atoms with van der Waals surface area (Å²) >= 11 is 0. The van der Waals surface area contributed by atoms with Gasteiger partial charge in [0, 0.05) is 32.7 Å². The van der Waals surface area contributed by atoms with Crippen LogP contribution in [0, 0.1) is 5.92 Å². The minimum atomic E-state index is 0.0379. The van der Waals surface area contributed by atoms with Crippen LogP contribution in [0.15, 0.2) is 24.3 Å². The highest BCUT2D eigenvalue weighted by molar-refractivity contribution is 5.79. The highest BCUT2D eigenvalue weighted by atomic mass is 16.5. The zero-order valence-electron chi connectivity index (χ0n) is 17.0. The maximum atomic E-state index is 12.2. The van der Waals surface area contributed by atoms with Gasteiger partial charge in [-0.25, -0.2) is 0 Å². The molecular formula is C21H33N3O4. The Morgan fingerprint density at radius 3 is 2.43 bits per heavy atom. The highest BCUT2D eigenvalue weighted by Crippen LogP contribution is 2.17. The van der Waals surface area contributed by atoms with Gasteiger partial charge < -0.3 is 20.1 Å². The van der Waals surface area contributed by atoms with Gasteiger partial charge in [0.15, 0.2) is 0 Å². The average Bonchev–Trinajstić information content (AvgIpc) is 2.72. The Labute approximate surface area is 167 Å². The summed E-state index contributed by atoms with van der Waals surface area (Å²) in [5.41, 5.74) is 1.17. The molecule has 0 unspecified atom stereocenters. The molecule has 7 nitrogen and oxygen atoms in total. The number of ether oxygens (including phenoxy) is 2. The maximum absolute atomic E-state index is 12.2. The third kappa shape index (κ3) is 7.86. The van der Waals surface area contributed by atoms with Crippen LogP contribution in [0.2, 0.25) is 0 Å². The lowest BCUT2D eigenvalue weighted by Crippen LogP contribution is -2.44. The molecule has 0 saturated carbocycles. The third-order valence-corrected chi connectivity index (χ3v) is 5.04. The lowest BCUT2D eigenvalue weighted by Gasteiger charge is -2.30. The predicted octanol–water partition coefficient (Wildman–Crippen LogP) is 1.22. The molecule has 0 atom stereocenters. The number of hydrogen-bond acceptors (Lipinski definition) is 5. The molecule has 2 N–H and O–H groups in total. The second-order valence-electron chi connectivity index (χ2n) is 7.14. The fourth-order valence-corrected chi connectivity index (χ4v) is 3.32. The van der Waals surface area contributed by atoms with Crippen molar-refractivity contribution in [3.63, 3.8) is 0 Å². The Hall–Kier alpha value is -2.12. The molecule has 0 aromatic heterocycles. The number of carbonyl (C=O) groups is 2. The van der Waals surface area contributed by atoms with Crippen LogP contribution in [0.1, 0.15) is 24.8 Å². The number of likely N-dealkylation sites (tertiary alicyclic amines) is 1. The molecular weight excluding hydrogens is 358 g/mol. The molecule has 7 heteroatoms. The van der Waals surface area contributed by atoms with Gasteiger partial charge >= 0.3 is 0 Å². The molecule has 156 valence electrons. The van der Waals surface area contributed by atoms with E-state index in [-0.39, 0.29) is 17.7 Å². The van der Waals surface area contributed by atoms with Crippen molar-refractivity contribution in [3.8, 4) is 5.75 Å². The number of amides is 2. The number of nitrogens with one attached hydrogen (secondary N) is 2. The van der Waals surface area contributed by atoms with Crippen molar-refractivity contribution in [1.82, 2.24) is 15.5 Å². The fourth-order valence-electron chi connectivity index (χ4n) is 3.32. The summed E-state index contributed by atoms with van der Waals surface area (Å²) in [6.45, 7) is 3.89. The normalized spacial score (nSPS) is 15.2. The number of benzene rings is 1. The van der Waals surface area contributed by atoms with Gasteiger partial charge in [-0.15, -0.1) is 0 Å². The molecule has 0 aliphatic carbocycles. The molecule has 1 aromatic carbocycles. The van der Waals surface area contributed by atoms with Crippen molar-refractivity contribution in [3.05, 3.63) is 29.8 Å². The molecule has 0 bridgehead atoms. The van der Waals surface area contributed by atoms with E-state index < -0.39 is 0 Å². The first-order valence-electron chi connectivity index (χ1n) is 10.0. The molecule has 28 heavy (non-hydrogen) atoms. The van der Waals surface area contributed by atoms with Crippen LogP contribution >= 0.6 is 0 Å². The lowest BCUT2D eigenvalue weighted by atomic mass is 9.96. The Balaban J connectivity index is 1.58. The zero-order valence-corrected chi connectivity index (χ0v) is 17.0. The summed E-state index contributed by atoms with van der Waals surface area (Å²) in [7, 11) is 3.31. The summed E-state index contributed by atoms with van der Waals surface area (Å²) in [6.07, 6.45) is 3.23. The van der Waals surface area contributed by atoms with Crippen molar-refractivity contribution in [1.29, 1.82) is 0 Å². The average molecular weight is 392 g/mol. The van der Waals surface area contributed by atoms with Crippen LogP contribution in [0.25, 0.3) is 0 Å². The summed E-state index contributed by atoms with van der Waals surface area (Å²) < 4.78 is 10.1. The number of rotatable bonds is 11. The topological polar surface area (TPSA) is 79.9 Å². The summed E-state index contributed by atoms with van der Waals surface area (Å²) in [5, 5.41) is 5.95. The quantitative estimate of drug-likeness (QED) is 0.555. The number of hydrogen-bond donors (Lipinski definition) is 2. The van der Waals surface area contributed by atoms with E-state index in [1.807, 2.05) is 24.3 Å². The van der Waals surface area contributed by atoms with Gasteiger partial charge in [0.05, 0.1) is 13.7 Å². The van der Waals surface area contributed by atoms with Gasteiger partial charge in [-0.2, -0.15) is 0 Å². The van der Waals surface area contributed by atoms with Crippen molar-refractivity contribution in [2.45, 2.75) is 25.7 Å². The number of nitrogens with zero attached hydrogens (tertiary/aromatic N) is 1. The van der Waals surface area contributed by atoms with Crippen molar-refractivity contribution >= 4 is 11.8 Å². The van der Waals surface area contributed by atoms with Gasteiger partial charge in [-0.05, 0) is 56.5 Å². The first-order valence-corrected chi connectivity index (χ1v) is 10.0. The Bertz CT molecular complexity index is 598. The van der Waals surface area contributed by atoms with Crippen molar-refractivity contribution < 1.29 is 19.1 Å². The zero-order chi connectivity index (χ0) is 20.2. The van der Waals surface area contributed by atoms with E-state index >= 15 is 0 Å². The maximum Gasteiger partial charge on any atom is 0.234 e. The summed E-state index contributed by atoms with van der Waals surface area (Å²) in [5.74, 6) is 1.05. The van der Waals surface area contributed by atoms with Crippen LogP contribution in [0.5, 0.6) is 5.75 Å². The Kier molecular flexibility index (Phi) is 9.79. The van der Waals surface area contributed by atoms with E-state index in [1.165, 1.54) is 5.56 Å². The smallest absolute Gasteiger partial charge is 0.234 e. The molecule has 1 aliphatic heterocycles. The molecule has 1 saturated heterocycles. The van der Waals surface area contributed by atoms with E-state index in [2.05, 4.69) is 15.5 Å². The van der Waals surface area contributed by atoms with Gasteiger partial charge in [0.2, 0.25) is 11.8 Å². The van der Waals surface area contributed by atoms with Gasteiger partial charge in [-0.1, -0.05) is 12.1 Å². The molecule has 2 amide bonds. The minimum absolute atomic E-state index is 0.0379. The second kappa shape index (κ2) is 12.4. The molecule has 2 rings (SSSR count). The number of methoxy groups -OCH3 is 2. The fraction of sp³-hybridized carbons (Fsp3) is 0.619. The second-order valence-corrected chi connectivity index (χ2v) is 7.14. The molecule has 1 aromatic rings. The number of piperidine rings is 1. The molecule has 0 spiro atoms. The highest BCUT2D eigenvalue weighted by Gasteiger charge is 2.25. The van der Waals surface area contributed by atoms with Crippen molar-refractivity contribution in [2.75, 3.05) is 53.6 Å². The monoisotopic (exact) mass is 391 g/mol.